The van der Waals surface area contributed by atoms with Crippen LogP contribution in [0.5, 0.6) is 0 Å². The second kappa shape index (κ2) is 13.3. The predicted molar refractivity (Wildman–Crippen MR) is 82.4 cm³/mol. The maximum absolute atomic E-state index is 4.05. The second-order valence-corrected chi connectivity index (χ2v) is 4.80. The molecule has 17 heavy (non-hydrogen) atoms. The number of unbranched alkanes of at least 4 members (excludes halogenated alkanes) is 2. The minimum absolute atomic E-state index is 0.607. The molecule has 0 aliphatic carbocycles. The fourth-order valence-corrected chi connectivity index (χ4v) is 1.11. The highest BCUT2D eigenvalue weighted by atomic mass is 14.1. The van der Waals surface area contributed by atoms with Gasteiger partial charge in [0, 0.05) is 0 Å². The maximum atomic E-state index is 4.05. The summed E-state index contributed by atoms with van der Waals surface area (Å²) in [4.78, 5) is 0. The molecule has 100 valence electrons. The van der Waals surface area contributed by atoms with Crippen LogP contribution in [0, 0.1) is 5.92 Å². The molecular weight excluding hydrogens is 204 g/mol. The summed E-state index contributed by atoms with van der Waals surface area (Å²) in [6.45, 7) is 18.7. The highest BCUT2D eigenvalue weighted by Gasteiger charge is 2.02. The first-order valence-corrected chi connectivity index (χ1v) is 7.01. The Morgan fingerprint density at radius 2 is 1.53 bits per heavy atom. The molecule has 0 aliphatic heterocycles. The molecule has 0 aromatic carbocycles. The Morgan fingerprint density at radius 1 is 1.00 bits per heavy atom. The van der Waals surface area contributed by atoms with Gasteiger partial charge in [0.05, 0.1) is 0 Å². The second-order valence-electron chi connectivity index (χ2n) is 4.80. The van der Waals surface area contributed by atoms with Gasteiger partial charge >= 0.3 is 0 Å². The summed E-state index contributed by atoms with van der Waals surface area (Å²) in [5, 5.41) is 0. The van der Waals surface area contributed by atoms with E-state index in [0.717, 1.165) is 5.57 Å². The van der Waals surface area contributed by atoms with Crippen LogP contribution in [0.4, 0.5) is 0 Å². The van der Waals surface area contributed by atoms with Crippen molar-refractivity contribution in [3.05, 3.63) is 36.5 Å². The van der Waals surface area contributed by atoms with E-state index in [-0.39, 0.29) is 0 Å². The first-order valence-electron chi connectivity index (χ1n) is 7.01. The van der Waals surface area contributed by atoms with Crippen LogP contribution in [-0.4, -0.2) is 0 Å². The third kappa shape index (κ3) is 15.2. The van der Waals surface area contributed by atoms with E-state index in [1.165, 1.54) is 37.7 Å². The molecule has 0 aromatic heterocycles. The van der Waals surface area contributed by atoms with E-state index in [9.17, 15) is 0 Å². The van der Waals surface area contributed by atoms with Gasteiger partial charge in [-0.15, -0.1) is 0 Å². The lowest BCUT2D eigenvalue weighted by Gasteiger charge is -2.10. The van der Waals surface area contributed by atoms with Crippen LogP contribution in [0.2, 0.25) is 0 Å². The van der Waals surface area contributed by atoms with Gasteiger partial charge in [-0.25, -0.2) is 0 Å². The van der Waals surface area contributed by atoms with E-state index in [1.54, 1.807) is 0 Å². The van der Waals surface area contributed by atoms with Crippen LogP contribution >= 0.6 is 0 Å². The first kappa shape index (κ1) is 18.6. The van der Waals surface area contributed by atoms with Crippen LogP contribution in [0.3, 0.4) is 0 Å². The summed E-state index contributed by atoms with van der Waals surface area (Å²) in [5.74, 6) is 0.607. The van der Waals surface area contributed by atoms with E-state index in [0.29, 0.717) is 5.92 Å². The molecule has 0 radical (unpaired) electrons. The highest BCUT2D eigenvalue weighted by molar-refractivity contribution is 5.24. The Balaban J connectivity index is 0. The van der Waals surface area contributed by atoms with Gasteiger partial charge in [-0.2, -0.15) is 0 Å². The van der Waals surface area contributed by atoms with Gasteiger partial charge in [0.2, 0.25) is 0 Å². The lowest BCUT2D eigenvalue weighted by molar-refractivity contribution is 0.582. The van der Waals surface area contributed by atoms with Crippen molar-refractivity contribution in [1.29, 1.82) is 0 Å². The fraction of sp³-hybridized carbons (Fsp3) is 0.647. The number of hydrogen-bond acceptors (Lipinski definition) is 0. The van der Waals surface area contributed by atoms with Crippen LogP contribution < -0.4 is 0 Å². The normalized spacial score (nSPS) is 11.8. The topological polar surface area (TPSA) is 0 Å². The smallest absolute Gasteiger partial charge is 0.0196 e. The molecule has 0 heteroatoms. The van der Waals surface area contributed by atoms with Crippen LogP contribution in [0.1, 0.15) is 66.7 Å². The molecule has 0 spiro atoms. The number of hydrogen-bond donors (Lipinski definition) is 0. The van der Waals surface area contributed by atoms with Crippen LogP contribution in [0.25, 0.3) is 0 Å². The Labute approximate surface area is 110 Å². The van der Waals surface area contributed by atoms with E-state index in [2.05, 4.69) is 46.9 Å². The molecule has 0 bridgehead atoms. The largest absolute Gasteiger partial charge is 0.0961 e. The Morgan fingerprint density at radius 3 is 1.88 bits per heavy atom. The quantitative estimate of drug-likeness (QED) is 0.454. The molecule has 0 aliphatic rings. The van der Waals surface area contributed by atoms with E-state index in [1.807, 2.05) is 13.0 Å². The van der Waals surface area contributed by atoms with Gasteiger partial charge in [0.25, 0.3) is 0 Å². The minimum atomic E-state index is 0.607. The average Bonchev–Trinajstić information content (AvgIpc) is 2.33. The summed E-state index contributed by atoms with van der Waals surface area (Å²) in [6.07, 6.45) is 10.6. The molecule has 0 aromatic rings. The van der Waals surface area contributed by atoms with Gasteiger partial charge in [-0.3, -0.25) is 0 Å². The zero-order chi connectivity index (χ0) is 13.7. The van der Waals surface area contributed by atoms with Gasteiger partial charge < -0.3 is 0 Å². The van der Waals surface area contributed by atoms with Crippen molar-refractivity contribution in [2.45, 2.75) is 66.7 Å². The van der Waals surface area contributed by atoms with E-state index >= 15 is 0 Å². The standard InChI is InChI=1S/C13H22.C4H10/c1-6-7-8-12(4)13(5)10-9-11(2)3;1-3-4-2/h9-10,12H,2,5-8H2,1,3-4H3;3-4H2,1-2H3/b10-9-;. The number of rotatable bonds is 7. The molecule has 1 atom stereocenters. The monoisotopic (exact) mass is 236 g/mol. The van der Waals surface area contributed by atoms with Crippen molar-refractivity contribution in [3.63, 3.8) is 0 Å². The summed E-state index contributed by atoms with van der Waals surface area (Å²) in [5.41, 5.74) is 2.31. The van der Waals surface area contributed by atoms with Crippen molar-refractivity contribution < 1.29 is 0 Å². The molecular formula is C17H32. The van der Waals surface area contributed by atoms with Gasteiger partial charge in [0.15, 0.2) is 0 Å². The lowest BCUT2D eigenvalue weighted by atomic mass is 9.96. The van der Waals surface area contributed by atoms with E-state index < -0.39 is 0 Å². The lowest BCUT2D eigenvalue weighted by Crippen LogP contribution is -1.95. The highest BCUT2D eigenvalue weighted by Crippen LogP contribution is 2.17. The van der Waals surface area contributed by atoms with Crippen LogP contribution in [-0.2, 0) is 0 Å². The molecule has 0 rings (SSSR count). The first-order chi connectivity index (χ1) is 7.99. The van der Waals surface area contributed by atoms with Crippen LogP contribution in [0.15, 0.2) is 36.5 Å². The molecule has 1 unspecified atom stereocenters. The van der Waals surface area contributed by atoms with Crippen molar-refractivity contribution >= 4 is 0 Å². The van der Waals surface area contributed by atoms with Gasteiger partial charge in [-0.1, -0.05) is 89.8 Å². The summed E-state index contributed by atoms with van der Waals surface area (Å²) >= 11 is 0. The molecule has 0 N–H and O–H groups in total. The van der Waals surface area contributed by atoms with Crippen molar-refractivity contribution in [2.24, 2.45) is 5.92 Å². The number of allylic oxidation sites excluding steroid dienone is 4. The predicted octanol–water partition coefficient (Wildman–Crippen LogP) is 6.31. The molecule has 0 nitrogen and oxygen atoms in total. The van der Waals surface area contributed by atoms with Crippen molar-refractivity contribution in [1.82, 2.24) is 0 Å². The Kier molecular flexibility index (Phi) is 14.5. The zero-order valence-electron chi connectivity index (χ0n) is 12.7. The van der Waals surface area contributed by atoms with E-state index in [4.69, 9.17) is 0 Å². The molecule has 0 saturated carbocycles. The average molecular weight is 236 g/mol. The Hall–Kier alpha value is -0.780. The molecule has 0 fully saturated rings. The third-order valence-corrected chi connectivity index (χ3v) is 2.71. The van der Waals surface area contributed by atoms with Gasteiger partial charge in [-0.05, 0) is 19.3 Å². The maximum Gasteiger partial charge on any atom is -0.0196 e. The summed E-state index contributed by atoms with van der Waals surface area (Å²) < 4.78 is 0. The third-order valence-electron chi connectivity index (χ3n) is 2.71. The molecule has 0 amide bonds. The zero-order valence-corrected chi connectivity index (χ0v) is 12.7. The minimum Gasteiger partial charge on any atom is -0.0961 e. The van der Waals surface area contributed by atoms with Crippen molar-refractivity contribution in [2.75, 3.05) is 0 Å². The van der Waals surface area contributed by atoms with Gasteiger partial charge in [0.1, 0.15) is 0 Å². The molecule has 0 saturated heterocycles. The fourth-order valence-electron chi connectivity index (χ4n) is 1.11. The SMILES string of the molecule is C=C(C)/C=C\C(=C)C(C)CCCC.CCCC. The summed E-state index contributed by atoms with van der Waals surface area (Å²) in [7, 11) is 0. The Bertz CT molecular complexity index is 218. The summed E-state index contributed by atoms with van der Waals surface area (Å²) in [6, 6.07) is 0. The molecule has 0 heterocycles. The van der Waals surface area contributed by atoms with Crippen molar-refractivity contribution in [3.8, 4) is 0 Å².